The molecule has 0 saturated heterocycles. The van der Waals surface area contributed by atoms with E-state index in [9.17, 15) is 73.5 Å². The van der Waals surface area contributed by atoms with E-state index in [0.717, 1.165) is 57.8 Å². The normalized spacial score (nSPS) is 10.9. The first kappa shape index (κ1) is 90.5. The number of rotatable bonds is 23. The molecule has 0 aliphatic carbocycles. The van der Waals surface area contributed by atoms with Crippen LogP contribution in [0.15, 0.2) is 277 Å². The lowest BCUT2D eigenvalue weighted by atomic mass is 10.1. The number of nitrogens with two attached hydrogens (primary N) is 2. The molecule has 0 bridgehead atoms. The molecule has 0 aliphatic heterocycles. The molecule has 16 aromatic rings. The number of alkyl halides is 6. The van der Waals surface area contributed by atoms with E-state index in [1.807, 2.05) is 6.07 Å². The number of carbonyl (C=O) groups is 8. The molecule has 662 valence electrons. The highest BCUT2D eigenvalue weighted by Crippen LogP contribution is 2.32. The van der Waals surface area contributed by atoms with Gasteiger partial charge in [0.15, 0.2) is 0 Å². The quantitative estimate of drug-likeness (QED) is 0.0161. The predicted octanol–water partition coefficient (Wildman–Crippen LogP) is 12.7. The molecular formula is C85H66F8N27O11+. The number of aryl methyl sites for hydroxylation is 3. The highest BCUT2D eigenvalue weighted by atomic mass is 19.4. The third-order valence-corrected chi connectivity index (χ3v) is 17.8. The largest absolute Gasteiger partial charge is 0.573 e. The maximum Gasteiger partial charge on any atom is 0.573 e. The van der Waals surface area contributed by atoms with E-state index in [4.69, 9.17) is 14.9 Å². The molecule has 46 heteroatoms. The first-order valence-electron chi connectivity index (χ1n) is 38.1. The zero-order valence-corrected chi connectivity index (χ0v) is 67.7. The van der Waals surface area contributed by atoms with E-state index in [1.54, 1.807) is 154 Å². The molecule has 8 aromatic carbocycles. The molecule has 0 saturated carbocycles. The van der Waals surface area contributed by atoms with Gasteiger partial charge in [-0.3, -0.25) is 90.9 Å². The Labute approximate surface area is 731 Å². The molecule has 0 radical (unpaired) electrons. The number of quaternary nitrogens is 1. The lowest BCUT2D eigenvalue weighted by Crippen LogP contribution is -2.95. The van der Waals surface area contributed by atoms with Crippen molar-refractivity contribution in [3.8, 4) is 28.5 Å². The number of hydrogen-bond acceptors (Lipinski definition) is 25. The van der Waals surface area contributed by atoms with Crippen LogP contribution in [-0.4, -0.2) is 133 Å². The number of anilines is 9. The minimum Gasteiger partial charge on any atom is -0.406 e. The summed E-state index contributed by atoms with van der Waals surface area (Å²) in [6.45, 7) is 5.33. The van der Waals surface area contributed by atoms with Crippen LogP contribution in [0.25, 0.3) is 22.7 Å². The van der Waals surface area contributed by atoms with Crippen molar-refractivity contribution in [1.29, 1.82) is 0 Å². The maximum absolute atomic E-state index is 13.7. The fourth-order valence-electron chi connectivity index (χ4n) is 11.6. The number of benzene rings is 8. The summed E-state index contributed by atoms with van der Waals surface area (Å²) >= 11 is 0. The number of nitrogens with zero attached hydrogens (tertiary/aromatic N) is 16. The fraction of sp³-hybridized carbons (Fsp3) is 0.0588. The molecule has 16 rings (SSSR count). The van der Waals surface area contributed by atoms with Gasteiger partial charge >= 0.3 is 12.5 Å². The Hall–Kier alpha value is -18.2. The Morgan fingerprint density at radius 1 is 0.366 bits per heavy atom. The number of carbonyl (C=O) groups excluding carboxylic acids is 8. The van der Waals surface area contributed by atoms with Gasteiger partial charge in [0.2, 0.25) is 35.3 Å². The first-order chi connectivity index (χ1) is 62.9. The smallest absolute Gasteiger partial charge is 0.406 e. The second kappa shape index (κ2) is 41.0. The summed E-state index contributed by atoms with van der Waals surface area (Å²) in [6, 6.07) is 56.2. The predicted molar refractivity (Wildman–Crippen MR) is 452 cm³/mol. The van der Waals surface area contributed by atoms with Gasteiger partial charge in [0.1, 0.15) is 17.4 Å². The Morgan fingerprint density at radius 3 is 1.07 bits per heavy atom. The Balaban J connectivity index is 0.000000149. The Kier molecular flexibility index (Phi) is 28.4. The molecule has 8 heterocycles. The van der Waals surface area contributed by atoms with Crippen LogP contribution in [0.4, 0.5) is 88.4 Å². The number of amides is 8. The van der Waals surface area contributed by atoms with Crippen LogP contribution in [0, 0.1) is 32.4 Å². The lowest BCUT2D eigenvalue weighted by Gasteiger charge is -2.10. The van der Waals surface area contributed by atoms with Crippen molar-refractivity contribution in [2.75, 3.05) is 48.0 Å². The van der Waals surface area contributed by atoms with Gasteiger partial charge in [-0.05, 0) is 189 Å². The monoisotopic (exact) mass is 1790 g/mol. The van der Waals surface area contributed by atoms with Crippen molar-refractivity contribution >= 4 is 101 Å². The van der Waals surface area contributed by atoms with Gasteiger partial charge in [0, 0.05) is 59.2 Å². The number of ether oxygens (including phenoxy) is 1. The fourth-order valence-corrected chi connectivity index (χ4v) is 11.6. The average molecular weight is 1790 g/mol. The van der Waals surface area contributed by atoms with E-state index in [1.165, 1.54) is 111 Å². The molecule has 38 nitrogen and oxygen atoms in total. The number of hydrogen-bond donors (Lipinski definition) is 11. The van der Waals surface area contributed by atoms with Gasteiger partial charge in [-0.2, -0.15) is 63.2 Å². The average Bonchev–Trinajstić information content (AvgIpc) is 1.29. The Morgan fingerprint density at radius 2 is 0.725 bits per heavy atom. The second-order valence-electron chi connectivity index (χ2n) is 26.9. The molecule has 0 spiro atoms. The summed E-state index contributed by atoms with van der Waals surface area (Å²) in [5, 5.41) is 44.1. The summed E-state index contributed by atoms with van der Waals surface area (Å²) < 4.78 is 122. The topological polar surface area (TPSA) is 497 Å². The van der Waals surface area contributed by atoms with Crippen LogP contribution in [-0.2, 0) is 6.18 Å². The number of nitrogens with one attached hydrogen (secondary N) is 9. The van der Waals surface area contributed by atoms with E-state index < -0.39 is 82.7 Å². The van der Waals surface area contributed by atoms with Gasteiger partial charge in [-0.1, -0.05) is 77.0 Å². The Bertz CT molecular complexity index is 6760. The van der Waals surface area contributed by atoms with Crippen molar-refractivity contribution in [3.05, 3.63) is 346 Å². The zero-order chi connectivity index (χ0) is 92.9. The van der Waals surface area contributed by atoms with Gasteiger partial charge < -0.3 is 13.8 Å². The summed E-state index contributed by atoms with van der Waals surface area (Å²) in [4.78, 5) is 125. The van der Waals surface area contributed by atoms with Crippen LogP contribution >= 0.6 is 0 Å². The van der Waals surface area contributed by atoms with Crippen LogP contribution in [0.2, 0.25) is 0 Å². The van der Waals surface area contributed by atoms with Gasteiger partial charge in [-0.25, -0.2) is 14.2 Å². The van der Waals surface area contributed by atoms with Gasteiger partial charge in [0.05, 0.1) is 57.5 Å². The molecule has 0 fully saturated rings. The third-order valence-electron chi connectivity index (χ3n) is 17.8. The first-order valence-corrected chi connectivity index (χ1v) is 38.1. The van der Waals surface area contributed by atoms with Crippen LogP contribution in [0.3, 0.4) is 0 Å². The van der Waals surface area contributed by atoms with Gasteiger partial charge in [0.25, 0.3) is 71.1 Å². The summed E-state index contributed by atoms with van der Waals surface area (Å²) in [5.41, 5.74) is 9.19. The van der Waals surface area contributed by atoms with E-state index in [-0.39, 0.29) is 76.0 Å². The van der Waals surface area contributed by atoms with Crippen molar-refractivity contribution in [2.24, 2.45) is 5.84 Å². The summed E-state index contributed by atoms with van der Waals surface area (Å²) in [5.74, 6) is -1.27. The highest BCUT2D eigenvalue weighted by Gasteiger charge is 2.33. The van der Waals surface area contributed by atoms with Crippen LogP contribution in [0.1, 0.15) is 106 Å². The lowest BCUT2D eigenvalue weighted by molar-refractivity contribution is -0.638. The standard InChI is InChI=1S/C24H21F3N8O3.C21H15F3N6O3.C20H14FN7O2.C20H15FN6O3/c1-14-4-2-3-5-19(14)21(37)29-22-31-23(30-20(36)15-6-8-16(9-7-15)32-34-28)35(33-22)17-10-12-18(13-11-17)38-24(25,26)27;1-12-4-2-3-5-15(12)17(31)26-19-28-20(27-18(32)16-10-11-25-33-16)30(29-19)14-8-6-13(7-9-14)21(22,23)24;21-15-6-1-7-16(10-15)28-20(25-18(30)14-5-3-9-23-12-14)26-19(27-28)24-17(29)13-4-2-8-22-11-13;1-12-5-2-3-8-15(12)17(28)23-19-25-20(24-18(29)16-9-10-22-30-16)27(26-19)14-7-4-6-13(21)11-14/h2-13,32,34H,28H2,1H3,(H2,29,30,31,33,36,37);2-11H,1H3,(H2,26,27,28,29,31,32);1-12H,(H2,24,25,26,27,29,30);2-11H,1H3,(H2,23,24,25,26,28,29)/p+1. The number of aromatic nitrogens is 16. The zero-order valence-electron chi connectivity index (χ0n) is 67.7. The van der Waals surface area contributed by atoms with Crippen molar-refractivity contribution in [2.45, 2.75) is 33.3 Å². The van der Waals surface area contributed by atoms with Crippen molar-refractivity contribution in [1.82, 2.24) is 79.3 Å². The third kappa shape index (κ3) is 24.0. The molecule has 8 amide bonds. The maximum atomic E-state index is 13.7. The minimum absolute atomic E-state index is 0.00376. The van der Waals surface area contributed by atoms with E-state index >= 15 is 0 Å². The molecule has 8 aromatic heterocycles. The van der Waals surface area contributed by atoms with E-state index in [2.05, 4.69) is 113 Å². The highest BCUT2D eigenvalue weighted by molar-refractivity contribution is 6.08. The molecule has 13 N–H and O–H groups in total. The number of pyridine rings is 2. The van der Waals surface area contributed by atoms with E-state index in [0.29, 0.717) is 44.9 Å². The molecule has 131 heavy (non-hydrogen) atoms. The minimum atomic E-state index is -4.85. The number of halogens is 8. The summed E-state index contributed by atoms with van der Waals surface area (Å²) in [6.07, 6.45) is -0.917. The molecular weight excluding hydrogens is 1730 g/mol. The van der Waals surface area contributed by atoms with Crippen molar-refractivity contribution < 1.29 is 92.8 Å². The number of nitrogen functional groups attached to an aromatic ring is 1. The summed E-state index contributed by atoms with van der Waals surface area (Å²) in [7, 11) is 0. The van der Waals surface area contributed by atoms with Crippen LogP contribution < -0.4 is 64.1 Å². The molecule has 0 aliphatic rings. The second-order valence-corrected chi connectivity index (χ2v) is 26.9. The SMILES string of the molecule is Cc1ccccc1C(=O)Nc1nc(NC(=O)c2ccc(N[NH2+]N)cc2)n(-c2ccc(OC(F)(F)F)cc2)n1.Cc1ccccc1C(=O)Nc1nc(NC(=O)c2ccno2)n(-c2ccc(C(F)(F)F)cc2)n1.Cc1ccccc1C(=O)Nc1nc(NC(=O)c2ccno2)n(-c2cccc(F)c2)n1.O=C(Nc1nc(NC(=O)c2cccnc2)n(-c2cccc(F)c2)n1)c1cccnc1. The van der Waals surface area contributed by atoms with Crippen molar-refractivity contribution in [3.63, 3.8) is 0 Å². The molecule has 0 atom stereocenters. The van der Waals surface area contributed by atoms with Crippen LogP contribution in [0.5, 0.6) is 5.75 Å². The molecule has 0 unspecified atom stereocenters. The van der Waals surface area contributed by atoms with Gasteiger partial charge in [-0.15, -0.1) is 33.6 Å².